The normalized spacial score (nSPS) is 10.7. The van der Waals surface area contributed by atoms with Crippen molar-refractivity contribution in [2.45, 2.75) is 18.2 Å². The standard InChI is InChI=1S/C17H17N3O4S/c1-2-13-6-8-15(9-7-13)24-12-17(21)19-20-25(22,23)16-5-3-4-14(10-16)11-18/h3-10,20H,2,12H2,1H3,(H,19,21). The number of hydrogen-bond donors (Lipinski definition) is 2. The number of hydrazine groups is 1. The lowest BCUT2D eigenvalue weighted by atomic mass is 10.2. The minimum Gasteiger partial charge on any atom is -0.484 e. The quantitative estimate of drug-likeness (QED) is 0.729. The smallest absolute Gasteiger partial charge is 0.272 e. The Morgan fingerprint density at radius 3 is 2.56 bits per heavy atom. The van der Waals surface area contributed by atoms with Crippen molar-refractivity contribution in [1.29, 1.82) is 5.26 Å². The largest absolute Gasteiger partial charge is 0.484 e. The average molecular weight is 359 g/mol. The molecule has 25 heavy (non-hydrogen) atoms. The van der Waals surface area contributed by atoms with Gasteiger partial charge in [-0.3, -0.25) is 10.2 Å². The molecule has 8 heteroatoms. The predicted octanol–water partition coefficient (Wildman–Crippen LogP) is 1.51. The number of nitrogens with zero attached hydrogens (tertiary/aromatic N) is 1. The molecule has 0 saturated carbocycles. The van der Waals surface area contributed by atoms with Crippen LogP contribution in [0.3, 0.4) is 0 Å². The third-order valence-electron chi connectivity index (χ3n) is 3.30. The van der Waals surface area contributed by atoms with E-state index < -0.39 is 15.9 Å². The molecular formula is C17H17N3O4S. The second kappa shape index (κ2) is 8.28. The summed E-state index contributed by atoms with van der Waals surface area (Å²) in [6, 6.07) is 14.6. The molecule has 0 aliphatic heterocycles. The van der Waals surface area contributed by atoms with Crippen LogP contribution in [0.25, 0.3) is 0 Å². The highest BCUT2D eigenvalue weighted by Gasteiger charge is 2.15. The maximum Gasteiger partial charge on any atom is 0.272 e. The van der Waals surface area contributed by atoms with Gasteiger partial charge < -0.3 is 4.74 Å². The van der Waals surface area contributed by atoms with E-state index in [4.69, 9.17) is 10.00 Å². The Balaban J connectivity index is 1.88. The summed E-state index contributed by atoms with van der Waals surface area (Å²) in [6.07, 6.45) is 0.898. The molecule has 130 valence electrons. The van der Waals surface area contributed by atoms with E-state index in [2.05, 4.69) is 5.43 Å². The number of benzene rings is 2. The van der Waals surface area contributed by atoms with Gasteiger partial charge in [0.25, 0.3) is 15.9 Å². The van der Waals surface area contributed by atoms with Gasteiger partial charge >= 0.3 is 0 Å². The maximum absolute atomic E-state index is 12.1. The molecule has 0 unspecified atom stereocenters. The molecule has 0 heterocycles. The van der Waals surface area contributed by atoms with Crippen molar-refractivity contribution in [1.82, 2.24) is 10.3 Å². The second-order valence-electron chi connectivity index (χ2n) is 5.08. The molecule has 7 nitrogen and oxygen atoms in total. The summed E-state index contributed by atoms with van der Waals surface area (Å²) in [4.78, 5) is 13.6. The minimum absolute atomic E-state index is 0.122. The van der Waals surface area contributed by atoms with Crippen LogP contribution in [0.15, 0.2) is 53.4 Å². The van der Waals surface area contributed by atoms with Crippen molar-refractivity contribution < 1.29 is 17.9 Å². The second-order valence-corrected chi connectivity index (χ2v) is 6.76. The van der Waals surface area contributed by atoms with Crippen molar-refractivity contribution in [2.24, 2.45) is 0 Å². The zero-order valence-electron chi connectivity index (χ0n) is 13.5. The van der Waals surface area contributed by atoms with Crippen LogP contribution < -0.4 is 15.0 Å². The molecule has 0 saturated heterocycles. The van der Waals surface area contributed by atoms with Crippen LogP contribution in [0.1, 0.15) is 18.1 Å². The van der Waals surface area contributed by atoms with Gasteiger partial charge in [0.15, 0.2) is 6.61 Å². The molecular weight excluding hydrogens is 342 g/mol. The first-order chi connectivity index (χ1) is 11.9. The Morgan fingerprint density at radius 2 is 1.92 bits per heavy atom. The fraction of sp³-hybridized carbons (Fsp3) is 0.176. The summed E-state index contributed by atoms with van der Waals surface area (Å²) in [6.45, 7) is 1.69. The first kappa shape index (κ1) is 18.4. The molecule has 2 aromatic carbocycles. The van der Waals surface area contributed by atoms with E-state index >= 15 is 0 Å². The van der Waals surface area contributed by atoms with Gasteiger partial charge in [-0.25, -0.2) is 8.42 Å². The number of ether oxygens (including phenoxy) is 1. The van der Waals surface area contributed by atoms with Crippen LogP contribution in [0.4, 0.5) is 0 Å². The molecule has 0 spiro atoms. The van der Waals surface area contributed by atoms with E-state index in [0.717, 1.165) is 12.0 Å². The molecule has 0 aliphatic rings. The Morgan fingerprint density at radius 1 is 1.20 bits per heavy atom. The van der Waals surface area contributed by atoms with Gasteiger partial charge in [-0.2, -0.15) is 5.26 Å². The summed E-state index contributed by atoms with van der Waals surface area (Å²) >= 11 is 0. The third kappa shape index (κ3) is 5.31. The predicted molar refractivity (Wildman–Crippen MR) is 90.9 cm³/mol. The topological polar surface area (TPSA) is 108 Å². The highest BCUT2D eigenvalue weighted by molar-refractivity contribution is 7.89. The number of carbonyl (C=O) groups is 1. The molecule has 0 aliphatic carbocycles. The van der Waals surface area contributed by atoms with Crippen molar-refractivity contribution in [2.75, 3.05) is 6.61 Å². The Hall–Kier alpha value is -2.89. The van der Waals surface area contributed by atoms with E-state index in [1.807, 2.05) is 30.0 Å². The molecule has 0 radical (unpaired) electrons. The van der Waals surface area contributed by atoms with Crippen molar-refractivity contribution in [3.63, 3.8) is 0 Å². The highest BCUT2D eigenvalue weighted by atomic mass is 32.2. The summed E-state index contributed by atoms with van der Waals surface area (Å²) in [5, 5.41) is 8.81. The molecule has 0 atom stereocenters. The number of aryl methyl sites for hydroxylation is 1. The van der Waals surface area contributed by atoms with Crippen LogP contribution in [0.2, 0.25) is 0 Å². The number of amides is 1. The van der Waals surface area contributed by atoms with E-state index in [9.17, 15) is 13.2 Å². The monoisotopic (exact) mass is 359 g/mol. The highest BCUT2D eigenvalue weighted by Crippen LogP contribution is 2.12. The number of sulfonamides is 1. The van der Waals surface area contributed by atoms with Crippen LogP contribution in [-0.4, -0.2) is 20.9 Å². The fourth-order valence-corrected chi connectivity index (χ4v) is 2.83. The lowest BCUT2D eigenvalue weighted by molar-refractivity contribution is -0.123. The number of nitrogens with one attached hydrogen (secondary N) is 2. The fourth-order valence-electron chi connectivity index (χ4n) is 1.92. The summed E-state index contributed by atoms with van der Waals surface area (Å²) in [5.41, 5.74) is 3.41. The lowest BCUT2D eigenvalue weighted by Crippen LogP contribution is -2.43. The van der Waals surface area contributed by atoms with Gasteiger partial charge in [-0.05, 0) is 42.3 Å². The summed E-state index contributed by atoms with van der Waals surface area (Å²) < 4.78 is 29.4. The molecule has 0 aromatic heterocycles. The first-order valence-corrected chi connectivity index (χ1v) is 8.95. The average Bonchev–Trinajstić information content (AvgIpc) is 2.65. The third-order valence-corrected chi connectivity index (χ3v) is 4.55. The lowest BCUT2D eigenvalue weighted by Gasteiger charge is -2.10. The summed E-state index contributed by atoms with van der Waals surface area (Å²) in [5.74, 6) is -0.142. The number of rotatable bonds is 7. The number of carbonyl (C=O) groups excluding carboxylic acids is 1. The van der Waals surface area contributed by atoms with E-state index in [1.54, 1.807) is 12.1 Å². The summed E-state index contributed by atoms with van der Waals surface area (Å²) in [7, 11) is -3.97. The molecule has 2 aromatic rings. The van der Waals surface area contributed by atoms with Gasteiger partial charge in [0.1, 0.15) is 5.75 Å². The Bertz CT molecular complexity index is 887. The molecule has 2 rings (SSSR count). The van der Waals surface area contributed by atoms with Crippen LogP contribution >= 0.6 is 0 Å². The van der Waals surface area contributed by atoms with E-state index in [-0.39, 0.29) is 17.1 Å². The van der Waals surface area contributed by atoms with Crippen LogP contribution in [-0.2, 0) is 21.2 Å². The van der Waals surface area contributed by atoms with Gasteiger partial charge in [0.05, 0.1) is 16.5 Å². The molecule has 2 N–H and O–H groups in total. The van der Waals surface area contributed by atoms with Gasteiger partial charge in [-0.15, -0.1) is 4.83 Å². The molecule has 0 fully saturated rings. The van der Waals surface area contributed by atoms with Crippen molar-refractivity contribution in [3.8, 4) is 11.8 Å². The molecule has 0 bridgehead atoms. The Kier molecular flexibility index (Phi) is 6.11. The minimum atomic E-state index is -3.97. The number of hydrogen-bond acceptors (Lipinski definition) is 5. The van der Waals surface area contributed by atoms with Gasteiger partial charge in [-0.1, -0.05) is 25.1 Å². The van der Waals surface area contributed by atoms with Crippen molar-refractivity contribution >= 4 is 15.9 Å². The SMILES string of the molecule is CCc1ccc(OCC(=O)NNS(=O)(=O)c2cccc(C#N)c2)cc1. The first-order valence-electron chi connectivity index (χ1n) is 7.47. The van der Waals surface area contributed by atoms with E-state index in [0.29, 0.717) is 5.75 Å². The maximum atomic E-state index is 12.1. The zero-order valence-corrected chi connectivity index (χ0v) is 14.3. The van der Waals surface area contributed by atoms with Gasteiger partial charge in [0, 0.05) is 0 Å². The van der Waals surface area contributed by atoms with Crippen molar-refractivity contribution in [3.05, 3.63) is 59.7 Å². The molecule has 1 amide bonds. The van der Waals surface area contributed by atoms with E-state index in [1.165, 1.54) is 24.3 Å². The zero-order chi connectivity index (χ0) is 18.3. The van der Waals surface area contributed by atoms with Crippen LogP contribution in [0, 0.1) is 11.3 Å². The van der Waals surface area contributed by atoms with Gasteiger partial charge in [0.2, 0.25) is 0 Å². The Labute approximate surface area is 146 Å². The van der Waals surface area contributed by atoms with Crippen LogP contribution in [0.5, 0.6) is 5.75 Å². The number of nitriles is 1.